The summed E-state index contributed by atoms with van der Waals surface area (Å²) in [5, 5.41) is 3.23. The van der Waals surface area contributed by atoms with Crippen LogP contribution in [0.4, 0.5) is 10.1 Å². The van der Waals surface area contributed by atoms with Crippen molar-refractivity contribution in [2.75, 3.05) is 12.4 Å². The Morgan fingerprint density at radius 3 is 2.65 bits per heavy atom. The van der Waals surface area contributed by atoms with Gasteiger partial charge in [-0.2, -0.15) is 0 Å². The molecule has 0 bridgehead atoms. The van der Waals surface area contributed by atoms with Gasteiger partial charge < -0.3 is 10.1 Å². The number of halogens is 1. The summed E-state index contributed by atoms with van der Waals surface area (Å²) < 4.78 is 17.5. The lowest BCUT2D eigenvalue weighted by molar-refractivity contribution is 0.0594. The van der Waals surface area contributed by atoms with Crippen LogP contribution in [0.25, 0.3) is 0 Å². The Hall–Kier alpha value is -2.43. The number of hydrogen-bond acceptors (Lipinski definition) is 4. The van der Waals surface area contributed by atoms with Crippen LogP contribution in [0.15, 0.2) is 42.6 Å². The summed E-state index contributed by atoms with van der Waals surface area (Å²) in [5.41, 5.74) is 1.93. The van der Waals surface area contributed by atoms with Gasteiger partial charge in [-0.1, -0.05) is 12.1 Å². The number of esters is 1. The highest BCUT2D eigenvalue weighted by atomic mass is 19.1. The van der Waals surface area contributed by atoms with Gasteiger partial charge in [-0.25, -0.2) is 14.2 Å². The number of benzene rings is 1. The second kappa shape index (κ2) is 6.14. The van der Waals surface area contributed by atoms with Crippen LogP contribution in [-0.2, 0) is 4.74 Å². The van der Waals surface area contributed by atoms with Crippen LogP contribution in [0.5, 0.6) is 0 Å². The van der Waals surface area contributed by atoms with Crippen molar-refractivity contribution < 1.29 is 13.9 Å². The van der Waals surface area contributed by atoms with Gasteiger partial charge in [0.1, 0.15) is 11.5 Å². The molecule has 1 aromatic carbocycles. The van der Waals surface area contributed by atoms with Crippen LogP contribution in [-0.4, -0.2) is 18.1 Å². The number of carbonyl (C=O) groups is 1. The molecule has 0 fully saturated rings. The van der Waals surface area contributed by atoms with Gasteiger partial charge in [0.15, 0.2) is 0 Å². The quantitative estimate of drug-likeness (QED) is 0.870. The highest BCUT2D eigenvalue weighted by molar-refractivity contribution is 5.88. The minimum absolute atomic E-state index is 0.0245. The third kappa shape index (κ3) is 3.32. The molecule has 0 radical (unpaired) electrons. The fourth-order valence-electron chi connectivity index (χ4n) is 1.82. The maximum Gasteiger partial charge on any atom is 0.356 e. The van der Waals surface area contributed by atoms with Crippen LogP contribution >= 0.6 is 0 Å². The molecule has 2 rings (SSSR count). The molecule has 0 aliphatic rings. The van der Waals surface area contributed by atoms with E-state index in [1.807, 2.05) is 6.92 Å². The molecule has 2 aromatic rings. The third-order valence-corrected chi connectivity index (χ3v) is 2.91. The first-order valence-electron chi connectivity index (χ1n) is 6.16. The molecule has 1 aromatic heterocycles. The second-order valence-electron chi connectivity index (χ2n) is 4.34. The molecule has 0 aliphatic heterocycles. The van der Waals surface area contributed by atoms with Gasteiger partial charge >= 0.3 is 5.97 Å². The van der Waals surface area contributed by atoms with Crippen molar-refractivity contribution >= 4 is 11.7 Å². The van der Waals surface area contributed by atoms with E-state index in [1.54, 1.807) is 24.3 Å². The van der Waals surface area contributed by atoms with Crippen molar-refractivity contribution in [2.45, 2.75) is 13.0 Å². The molecule has 0 saturated heterocycles. The number of rotatable bonds is 4. The third-order valence-electron chi connectivity index (χ3n) is 2.91. The summed E-state index contributed by atoms with van der Waals surface area (Å²) in [4.78, 5) is 15.3. The van der Waals surface area contributed by atoms with E-state index in [1.165, 1.54) is 25.4 Å². The highest BCUT2D eigenvalue weighted by Crippen LogP contribution is 2.19. The Morgan fingerprint density at radius 1 is 1.30 bits per heavy atom. The van der Waals surface area contributed by atoms with Gasteiger partial charge in [0, 0.05) is 17.9 Å². The summed E-state index contributed by atoms with van der Waals surface area (Å²) in [6.45, 7) is 1.95. The monoisotopic (exact) mass is 274 g/mol. The fraction of sp³-hybridized carbons (Fsp3) is 0.200. The number of nitrogens with zero attached hydrogens (tertiary/aromatic N) is 1. The largest absolute Gasteiger partial charge is 0.464 e. The lowest BCUT2D eigenvalue weighted by Crippen LogP contribution is -2.09. The van der Waals surface area contributed by atoms with Crippen molar-refractivity contribution in [1.82, 2.24) is 4.98 Å². The number of anilines is 1. The molecule has 0 spiro atoms. The van der Waals surface area contributed by atoms with E-state index < -0.39 is 5.97 Å². The normalized spacial score (nSPS) is 11.8. The molecule has 1 heterocycles. The summed E-state index contributed by atoms with van der Waals surface area (Å²) in [5.74, 6) is -0.749. The molecular formula is C15H15FN2O2. The average Bonchev–Trinajstić information content (AvgIpc) is 2.47. The van der Waals surface area contributed by atoms with Crippen LogP contribution < -0.4 is 5.32 Å². The van der Waals surface area contributed by atoms with Crippen molar-refractivity contribution in [2.24, 2.45) is 0 Å². The van der Waals surface area contributed by atoms with E-state index >= 15 is 0 Å². The van der Waals surface area contributed by atoms with Gasteiger partial charge in [-0.3, -0.25) is 0 Å². The Balaban J connectivity index is 2.13. The van der Waals surface area contributed by atoms with Crippen molar-refractivity contribution in [3.63, 3.8) is 0 Å². The predicted octanol–water partition coefficient (Wildman–Crippen LogP) is 3.18. The molecule has 0 saturated carbocycles. The van der Waals surface area contributed by atoms with E-state index in [-0.39, 0.29) is 17.6 Å². The molecular weight excluding hydrogens is 259 g/mol. The van der Waals surface area contributed by atoms with E-state index in [4.69, 9.17) is 0 Å². The molecule has 4 nitrogen and oxygen atoms in total. The SMILES string of the molecule is COC(=O)c1cc(NC(C)c2ccc(F)cc2)ccn1. The Kier molecular flexibility index (Phi) is 4.30. The molecule has 1 atom stereocenters. The highest BCUT2D eigenvalue weighted by Gasteiger charge is 2.10. The minimum Gasteiger partial charge on any atom is -0.464 e. The van der Waals surface area contributed by atoms with E-state index in [9.17, 15) is 9.18 Å². The van der Waals surface area contributed by atoms with Gasteiger partial charge in [0.2, 0.25) is 0 Å². The van der Waals surface area contributed by atoms with Crippen molar-refractivity contribution in [3.05, 3.63) is 59.7 Å². The van der Waals surface area contributed by atoms with E-state index in [0.717, 1.165) is 11.3 Å². The minimum atomic E-state index is -0.483. The first-order valence-corrected chi connectivity index (χ1v) is 6.16. The van der Waals surface area contributed by atoms with Gasteiger partial charge in [0.25, 0.3) is 0 Å². The van der Waals surface area contributed by atoms with Crippen LogP contribution in [0.1, 0.15) is 29.0 Å². The van der Waals surface area contributed by atoms with Crippen molar-refractivity contribution in [1.29, 1.82) is 0 Å². The Bertz CT molecular complexity index is 599. The second-order valence-corrected chi connectivity index (χ2v) is 4.34. The maximum absolute atomic E-state index is 12.9. The van der Waals surface area contributed by atoms with Crippen LogP contribution in [0, 0.1) is 5.82 Å². The van der Waals surface area contributed by atoms with Crippen molar-refractivity contribution in [3.8, 4) is 0 Å². The molecule has 5 heteroatoms. The number of methoxy groups -OCH3 is 1. The van der Waals surface area contributed by atoms with Crippen LogP contribution in [0.2, 0.25) is 0 Å². The molecule has 104 valence electrons. The average molecular weight is 274 g/mol. The summed E-state index contributed by atoms with van der Waals surface area (Å²) in [6, 6.07) is 9.62. The Morgan fingerprint density at radius 2 is 2.00 bits per heavy atom. The van der Waals surface area contributed by atoms with Crippen LogP contribution in [0.3, 0.4) is 0 Å². The number of ether oxygens (including phenoxy) is 1. The zero-order valence-electron chi connectivity index (χ0n) is 11.3. The fourth-order valence-corrected chi connectivity index (χ4v) is 1.82. The first-order chi connectivity index (χ1) is 9.60. The topological polar surface area (TPSA) is 51.2 Å². The first kappa shape index (κ1) is 14.0. The van der Waals surface area contributed by atoms with Gasteiger partial charge in [0.05, 0.1) is 7.11 Å². The number of aromatic nitrogens is 1. The number of hydrogen-bond donors (Lipinski definition) is 1. The molecule has 1 unspecified atom stereocenters. The summed E-state index contributed by atoms with van der Waals surface area (Å²) in [6.07, 6.45) is 1.53. The van der Waals surface area contributed by atoms with E-state index in [2.05, 4.69) is 15.0 Å². The van der Waals surface area contributed by atoms with E-state index in [0.29, 0.717) is 0 Å². The predicted molar refractivity (Wildman–Crippen MR) is 74.0 cm³/mol. The maximum atomic E-state index is 12.9. The zero-order chi connectivity index (χ0) is 14.5. The zero-order valence-corrected chi connectivity index (χ0v) is 11.3. The summed E-state index contributed by atoms with van der Waals surface area (Å²) in [7, 11) is 1.31. The number of carbonyl (C=O) groups excluding carboxylic acids is 1. The number of pyridine rings is 1. The lowest BCUT2D eigenvalue weighted by atomic mass is 10.1. The molecule has 0 aliphatic carbocycles. The van der Waals surface area contributed by atoms with Gasteiger partial charge in [-0.05, 0) is 36.8 Å². The Labute approximate surface area is 116 Å². The molecule has 20 heavy (non-hydrogen) atoms. The van der Waals surface area contributed by atoms with Gasteiger partial charge in [-0.15, -0.1) is 0 Å². The molecule has 0 amide bonds. The summed E-state index contributed by atoms with van der Waals surface area (Å²) >= 11 is 0. The molecule has 1 N–H and O–H groups in total. The lowest BCUT2D eigenvalue weighted by Gasteiger charge is -2.16. The smallest absolute Gasteiger partial charge is 0.356 e. The standard InChI is InChI=1S/C15H15FN2O2/c1-10(11-3-5-12(16)6-4-11)18-13-7-8-17-14(9-13)15(19)20-2/h3-10H,1-2H3,(H,17,18). The number of nitrogens with one attached hydrogen (secondary N) is 1.